The predicted molar refractivity (Wildman–Crippen MR) is 70.9 cm³/mol. The van der Waals surface area contributed by atoms with Crippen molar-refractivity contribution in [1.29, 1.82) is 0 Å². The number of ether oxygens (including phenoxy) is 1. The first-order valence-corrected chi connectivity index (χ1v) is 6.13. The van der Waals surface area contributed by atoms with E-state index in [-0.39, 0.29) is 5.88 Å². The van der Waals surface area contributed by atoms with Crippen molar-refractivity contribution in [2.24, 2.45) is 5.73 Å². The Balaban J connectivity index is 2.47. The minimum atomic E-state index is -0.572. The van der Waals surface area contributed by atoms with Gasteiger partial charge in [-0.25, -0.2) is 9.37 Å². The zero-order valence-electron chi connectivity index (χ0n) is 9.73. The van der Waals surface area contributed by atoms with Crippen molar-refractivity contribution >= 4 is 15.9 Å². The first-order chi connectivity index (χ1) is 8.65. The van der Waals surface area contributed by atoms with Gasteiger partial charge in [0.15, 0.2) is 5.82 Å². The summed E-state index contributed by atoms with van der Waals surface area (Å²) < 4.78 is 19.7. The monoisotopic (exact) mass is 310 g/mol. The lowest BCUT2D eigenvalue weighted by Crippen LogP contribution is -2.15. The zero-order valence-corrected chi connectivity index (χ0v) is 11.3. The van der Waals surface area contributed by atoms with Crippen LogP contribution in [0.5, 0.6) is 5.88 Å². The van der Waals surface area contributed by atoms with E-state index in [1.54, 1.807) is 6.07 Å². The molecule has 94 valence electrons. The van der Waals surface area contributed by atoms with Crippen LogP contribution in [0.25, 0.3) is 0 Å². The lowest BCUT2D eigenvalue weighted by molar-refractivity contribution is 0.366. The van der Waals surface area contributed by atoms with Gasteiger partial charge in [-0.15, -0.1) is 0 Å². The molecule has 18 heavy (non-hydrogen) atoms. The normalized spacial score (nSPS) is 12.2. The average Bonchev–Trinajstić information content (AvgIpc) is 2.39. The number of methoxy groups -OCH3 is 1. The van der Waals surface area contributed by atoms with Crippen LogP contribution in [0.1, 0.15) is 17.2 Å². The summed E-state index contributed by atoms with van der Waals surface area (Å²) >= 11 is 3.40. The molecule has 1 aromatic carbocycles. The number of aromatic nitrogens is 1. The molecular weight excluding hydrogens is 299 g/mol. The Morgan fingerprint density at radius 2 is 2.00 bits per heavy atom. The van der Waals surface area contributed by atoms with E-state index in [1.807, 2.05) is 24.3 Å². The van der Waals surface area contributed by atoms with Crippen molar-refractivity contribution in [2.75, 3.05) is 7.11 Å². The van der Waals surface area contributed by atoms with E-state index in [0.717, 1.165) is 10.0 Å². The summed E-state index contributed by atoms with van der Waals surface area (Å²) in [7, 11) is 1.37. The molecule has 3 nitrogen and oxygen atoms in total. The molecule has 0 radical (unpaired) electrons. The van der Waals surface area contributed by atoms with Crippen LogP contribution in [0.15, 0.2) is 41.0 Å². The lowest BCUT2D eigenvalue weighted by Gasteiger charge is -2.15. The largest absolute Gasteiger partial charge is 0.479 e. The Kier molecular flexibility index (Phi) is 3.93. The van der Waals surface area contributed by atoms with E-state index in [9.17, 15) is 4.39 Å². The molecule has 0 aliphatic carbocycles. The molecule has 0 aliphatic heterocycles. The van der Waals surface area contributed by atoms with Crippen LogP contribution in [0.4, 0.5) is 4.39 Å². The molecule has 0 amide bonds. The molecule has 1 aromatic heterocycles. The average molecular weight is 311 g/mol. The Labute approximate surface area is 113 Å². The SMILES string of the molecule is COc1nccc(C(N)c2ccccc2Br)c1F. The van der Waals surface area contributed by atoms with E-state index in [1.165, 1.54) is 13.3 Å². The summed E-state index contributed by atoms with van der Waals surface area (Å²) in [5.74, 6) is -0.571. The first-order valence-electron chi connectivity index (χ1n) is 5.33. The van der Waals surface area contributed by atoms with Crippen molar-refractivity contribution in [3.05, 3.63) is 57.9 Å². The molecular formula is C13H12BrFN2O. The smallest absolute Gasteiger partial charge is 0.250 e. The second-order valence-electron chi connectivity index (χ2n) is 3.72. The highest BCUT2D eigenvalue weighted by Gasteiger charge is 2.19. The van der Waals surface area contributed by atoms with Crippen molar-refractivity contribution in [3.63, 3.8) is 0 Å². The predicted octanol–water partition coefficient (Wildman–Crippen LogP) is 3.04. The van der Waals surface area contributed by atoms with Gasteiger partial charge in [-0.2, -0.15) is 0 Å². The quantitative estimate of drug-likeness (QED) is 0.948. The van der Waals surface area contributed by atoms with E-state index in [0.29, 0.717) is 5.56 Å². The molecule has 1 heterocycles. The number of rotatable bonds is 3. The van der Waals surface area contributed by atoms with Gasteiger partial charge in [0, 0.05) is 16.2 Å². The van der Waals surface area contributed by atoms with Gasteiger partial charge in [-0.05, 0) is 17.7 Å². The van der Waals surface area contributed by atoms with Crippen LogP contribution in [0.3, 0.4) is 0 Å². The third-order valence-corrected chi connectivity index (χ3v) is 3.38. The molecule has 2 aromatic rings. The number of hydrogen-bond donors (Lipinski definition) is 1. The van der Waals surface area contributed by atoms with Crippen molar-refractivity contribution in [3.8, 4) is 5.88 Å². The third-order valence-electron chi connectivity index (χ3n) is 2.66. The van der Waals surface area contributed by atoms with Gasteiger partial charge in [0.05, 0.1) is 13.2 Å². The topological polar surface area (TPSA) is 48.1 Å². The number of benzene rings is 1. The molecule has 1 unspecified atom stereocenters. The maximum atomic E-state index is 14.1. The van der Waals surface area contributed by atoms with Crippen LogP contribution in [-0.4, -0.2) is 12.1 Å². The van der Waals surface area contributed by atoms with Crippen LogP contribution in [-0.2, 0) is 0 Å². The van der Waals surface area contributed by atoms with Gasteiger partial charge >= 0.3 is 0 Å². The minimum absolute atomic E-state index is 0.0463. The number of pyridine rings is 1. The van der Waals surface area contributed by atoms with E-state index in [4.69, 9.17) is 10.5 Å². The summed E-state index contributed by atoms with van der Waals surface area (Å²) in [5, 5.41) is 0. The number of hydrogen-bond acceptors (Lipinski definition) is 3. The zero-order chi connectivity index (χ0) is 13.1. The summed E-state index contributed by atoms with van der Waals surface area (Å²) in [6, 6.07) is 8.44. The second-order valence-corrected chi connectivity index (χ2v) is 4.58. The van der Waals surface area contributed by atoms with Gasteiger partial charge < -0.3 is 10.5 Å². The Bertz CT molecular complexity index is 562. The first kappa shape index (κ1) is 13.0. The summed E-state index contributed by atoms with van der Waals surface area (Å²) in [6.07, 6.45) is 1.48. The van der Waals surface area contributed by atoms with Gasteiger partial charge in [0.2, 0.25) is 5.88 Å². The molecule has 0 saturated carbocycles. The lowest BCUT2D eigenvalue weighted by atomic mass is 10.0. The van der Waals surface area contributed by atoms with Gasteiger partial charge in [0.1, 0.15) is 0 Å². The molecule has 0 bridgehead atoms. The molecule has 5 heteroatoms. The van der Waals surface area contributed by atoms with Crippen molar-refractivity contribution in [2.45, 2.75) is 6.04 Å². The maximum Gasteiger partial charge on any atom is 0.250 e. The molecule has 1 atom stereocenters. The summed E-state index contributed by atoms with van der Waals surface area (Å²) in [4.78, 5) is 3.79. The van der Waals surface area contributed by atoms with Crippen LogP contribution in [0, 0.1) is 5.82 Å². The molecule has 2 N–H and O–H groups in total. The number of nitrogens with zero attached hydrogens (tertiary/aromatic N) is 1. The number of nitrogens with two attached hydrogens (primary N) is 1. The Morgan fingerprint density at radius 1 is 1.28 bits per heavy atom. The Morgan fingerprint density at radius 3 is 2.67 bits per heavy atom. The van der Waals surface area contributed by atoms with Gasteiger partial charge in [-0.3, -0.25) is 0 Å². The fourth-order valence-corrected chi connectivity index (χ4v) is 2.25. The minimum Gasteiger partial charge on any atom is -0.479 e. The molecule has 0 saturated heterocycles. The highest BCUT2D eigenvalue weighted by Crippen LogP contribution is 2.30. The molecule has 0 fully saturated rings. The summed E-state index contributed by atoms with van der Waals surface area (Å²) in [5.41, 5.74) is 7.25. The fourth-order valence-electron chi connectivity index (χ4n) is 1.72. The van der Waals surface area contributed by atoms with Gasteiger partial charge in [0.25, 0.3) is 0 Å². The molecule has 0 aliphatic rings. The molecule has 0 spiro atoms. The standard InChI is InChI=1S/C13H12BrFN2O/c1-18-13-11(15)9(6-7-17-13)12(16)8-4-2-3-5-10(8)14/h2-7,12H,16H2,1H3. The van der Waals surface area contributed by atoms with Crippen LogP contribution in [0.2, 0.25) is 0 Å². The van der Waals surface area contributed by atoms with Crippen molar-refractivity contribution in [1.82, 2.24) is 4.98 Å². The number of halogens is 2. The van der Waals surface area contributed by atoms with E-state index in [2.05, 4.69) is 20.9 Å². The van der Waals surface area contributed by atoms with E-state index >= 15 is 0 Å². The highest BCUT2D eigenvalue weighted by molar-refractivity contribution is 9.10. The maximum absolute atomic E-state index is 14.1. The summed E-state index contributed by atoms with van der Waals surface area (Å²) in [6.45, 7) is 0. The Hall–Kier alpha value is -1.46. The van der Waals surface area contributed by atoms with Crippen molar-refractivity contribution < 1.29 is 9.13 Å². The molecule has 2 rings (SSSR count). The third kappa shape index (κ3) is 2.37. The van der Waals surface area contributed by atoms with E-state index < -0.39 is 11.9 Å². The second kappa shape index (κ2) is 5.46. The van der Waals surface area contributed by atoms with Crippen LogP contribution < -0.4 is 10.5 Å². The highest BCUT2D eigenvalue weighted by atomic mass is 79.9. The van der Waals surface area contributed by atoms with Gasteiger partial charge in [-0.1, -0.05) is 34.1 Å². The fraction of sp³-hybridized carbons (Fsp3) is 0.154. The van der Waals surface area contributed by atoms with Crippen LogP contribution >= 0.6 is 15.9 Å².